The topological polar surface area (TPSA) is 26.3 Å². The van der Waals surface area contributed by atoms with Crippen molar-refractivity contribution in [3.63, 3.8) is 0 Å². The predicted molar refractivity (Wildman–Crippen MR) is 54.6 cm³/mol. The number of ketones is 1. The number of para-hydroxylation sites is 1. The molecule has 0 saturated carbocycles. The first-order valence-corrected chi connectivity index (χ1v) is 5.01. The van der Waals surface area contributed by atoms with Gasteiger partial charge in [-0.25, -0.2) is 0 Å². The Morgan fingerprint density at radius 2 is 2.14 bits per heavy atom. The van der Waals surface area contributed by atoms with Crippen molar-refractivity contribution in [2.45, 2.75) is 25.7 Å². The van der Waals surface area contributed by atoms with Gasteiger partial charge in [-0.3, -0.25) is 4.79 Å². The van der Waals surface area contributed by atoms with E-state index in [1.54, 1.807) is 0 Å². The molecule has 14 heavy (non-hydrogen) atoms. The lowest BCUT2D eigenvalue weighted by molar-refractivity contribution is -0.121. The van der Waals surface area contributed by atoms with Crippen LogP contribution in [0.2, 0.25) is 0 Å². The Hall–Kier alpha value is -1.31. The number of carbonyl (C=O) groups is 1. The molecule has 1 aliphatic heterocycles. The van der Waals surface area contributed by atoms with E-state index in [4.69, 9.17) is 4.74 Å². The lowest BCUT2D eigenvalue weighted by Crippen LogP contribution is -2.16. The fraction of sp³-hybridized carbons (Fsp3) is 0.417. The number of ether oxygens (including phenoxy) is 1. The van der Waals surface area contributed by atoms with E-state index in [1.807, 2.05) is 18.2 Å². The second kappa shape index (κ2) is 3.82. The van der Waals surface area contributed by atoms with Gasteiger partial charge in [0.25, 0.3) is 0 Å². The van der Waals surface area contributed by atoms with Crippen LogP contribution < -0.4 is 4.74 Å². The Balaban J connectivity index is 2.33. The normalized spacial score (nSPS) is 21.8. The molecule has 1 unspecified atom stereocenters. The van der Waals surface area contributed by atoms with Crippen LogP contribution in [0.15, 0.2) is 24.3 Å². The van der Waals surface area contributed by atoms with Gasteiger partial charge in [-0.05, 0) is 24.0 Å². The zero-order chi connectivity index (χ0) is 9.97. The Labute approximate surface area is 83.9 Å². The molecule has 1 heterocycles. The predicted octanol–water partition coefficient (Wildman–Crippen LogP) is 2.53. The van der Waals surface area contributed by atoms with Gasteiger partial charge in [0, 0.05) is 6.42 Å². The molecule has 2 nitrogen and oxygen atoms in total. The average Bonchev–Trinajstić information content (AvgIpc) is 2.21. The number of fused-ring (bicyclic) bond motifs is 1. The van der Waals surface area contributed by atoms with Crippen LogP contribution in [0.1, 0.15) is 31.2 Å². The third kappa shape index (κ3) is 1.79. The molecule has 1 atom stereocenters. The zero-order valence-corrected chi connectivity index (χ0v) is 8.32. The van der Waals surface area contributed by atoms with Crippen LogP contribution in [0.5, 0.6) is 5.75 Å². The summed E-state index contributed by atoms with van der Waals surface area (Å²) < 4.78 is 5.46. The maximum Gasteiger partial charge on any atom is 0.170 e. The first-order valence-electron chi connectivity index (χ1n) is 5.01. The summed E-state index contributed by atoms with van der Waals surface area (Å²) in [5.74, 6) is 1.48. The Morgan fingerprint density at radius 3 is 3.00 bits per heavy atom. The molecule has 1 aromatic rings. The molecule has 74 valence electrons. The number of benzene rings is 1. The molecular weight excluding hydrogens is 176 g/mol. The number of hydrogen-bond donors (Lipinski definition) is 0. The second-order valence-corrected chi connectivity index (χ2v) is 3.80. The van der Waals surface area contributed by atoms with Crippen molar-refractivity contribution in [2.24, 2.45) is 0 Å². The molecule has 0 bridgehead atoms. The molecule has 2 heteroatoms. The SMILES string of the molecule is CC1CCC(=O)COc2ccccc21. The van der Waals surface area contributed by atoms with Crippen molar-refractivity contribution < 1.29 is 9.53 Å². The lowest BCUT2D eigenvalue weighted by Gasteiger charge is -2.19. The van der Waals surface area contributed by atoms with E-state index >= 15 is 0 Å². The molecular formula is C12H14O2. The minimum Gasteiger partial charge on any atom is -0.486 e. The summed E-state index contributed by atoms with van der Waals surface area (Å²) in [7, 11) is 0. The maximum absolute atomic E-state index is 11.3. The molecule has 2 rings (SSSR count). The molecule has 1 aliphatic rings. The fourth-order valence-electron chi connectivity index (χ4n) is 1.78. The van der Waals surface area contributed by atoms with Crippen molar-refractivity contribution in [3.05, 3.63) is 29.8 Å². The molecule has 0 fully saturated rings. The molecule has 1 aromatic carbocycles. The van der Waals surface area contributed by atoms with Crippen LogP contribution in [0.25, 0.3) is 0 Å². The Kier molecular flexibility index (Phi) is 2.53. The van der Waals surface area contributed by atoms with Crippen LogP contribution in [-0.2, 0) is 4.79 Å². The Bertz CT molecular complexity index is 344. The summed E-state index contributed by atoms with van der Waals surface area (Å²) in [5, 5.41) is 0. The lowest BCUT2D eigenvalue weighted by atomic mass is 9.93. The maximum atomic E-state index is 11.3. The van der Waals surface area contributed by atoms with E-state index in [-0.39, 0.29) is 12.4 Å². The molecule has 0 saturated heterocycles. The van der Waals surface area contributed by atoms with Crippen LogP contribution in [0.3, 0.4) is 0 Å². The van der Waals surface area contributed by atoms with Crippen molar-refractivity contribution in [3.8, 4) is 5.75 Å². The summed E-state index contributed by atoms with van der Waals surface area (Å²) in [6.45, 7) is 2.37. The van der Waals surface area contributed by atoms with Gasteiger partial charge < -0.3 is 4.74 Å². The highest BCUT2D eigenvalue weighted by atomic mass is 16.5. The highest BCUT2D eigenvalue weighted by Gasteiger charge is 2.17. The van der Waals surface area contributed by atoms with Gasteiger partial charge in [-0.15, -0.1) is 0 Å². The zero-order valence-electron chi connectivity index (χ0n) is 8.32. The third-order valence-corrected chi connectivity index (χ3v) is 2.69. The molecule has 0 amide bonds. The fourth-order valence-corrected chi connectivity index (χ4v) is 1.78. The third-order valence-electron chi connectivity index (χ3n) is 2.69. The first-order chi connectivity index (χ1) is 6.77. The van der Waals surface area contributed by atoms with Crippen molar-refractivity contribution >= 4 is 5.78 Å². The summed E-state index contributed by atoms with van der Waals surface area (Å²) >= 11 is 0. The number of carbonyl (C=O) groups excluding carboxylic acids is 1. The van der Waals surface area contributed by atoms with Gasteiger partial charge in [-0.1, -0.05) is 25.1 Å². The Morgan fingerprint density at radius 1 is 1.36 bits per heavy atom. The summed E-state index contributed by atoms with van der Waals surface area (Å²) in [6, 6.07) is 7.97. The largest absolute Gasteiger partial charge is 0.486 e. The van der Waals surface area contributed by atoms with E-state index < -0.39 is 0 Å². The monoisotopic (exact) mass is 190 g/mol. The smallest absolute Gasteiger partial charge is 0.170 e. The van der Waals surface area contributed by atoms with E-state index in [0.717, 1.165) is 12.2 Å². The summed E-state index contributed by atoms with van der Waals surface area (Å²) in [4.78, 5) is 11.3. The van der Waals surface area contributed by atoms with Crippen molar-refractivity contribution in [2.75, 3.05) is 6.61 Å². The number of rotatable bonds is 0. The van der Waals surface area contributed by atoms with E-state index in [2.05, 4.69) is 13.0 Å². The average molecular weight is 190 g/mol. The first kappa shape index (κ1) is 9.25. The van der Waals surface area contributed by atoms with Crippen LogP contribution in [0, 0.1) is 0 Å². The van der Waals surface area contributed by atoms with Gasteiger partial charge in [0.15, 0.2) is 5.78 Å². The molecule has 0 spiro atoms. The van der Waals surface area contributed by atoms with Crippen LogP contribution >= 0.6 is 0 Å². The van der Waals surface area contributed by atoms with Crippen LogP contribution in [-0.4, -0.2) is 12.4 Å². The van der Waals surface area contributed by atoms with Gasteiger partial charge >= 0.3 is 0 Å². The minimum atomic E-state index is 0.200. The van der Waals surface area contributed by atoms with Gasteiger partial charge in [0.2, 0.25) is 0 Å². The second-order valence-electron chi connectivity index (χ2n) is 3.80. The summed E-state index contributed by atoms with van der Waals surface area (Å²) in [5.41, 5.74) is 1.22. The van der Waals surface area contributed by atoms with Gasteiger partial charge in [-0.2, -0.15) is 0 Å². The van der Waals surface area contributed by atoms with E-state index in [0.29, 0.717) is 12.3 Å². The van der Waals surface area contributed by atoms with E-state index in [9.17, 15) is 4.79 Å². The molecule has 0 aliphatic carbocycles. The van der Waals surface area contributed by atoms with Gasteiger partial charge in [0.05, 0.1) is 0 Å². The molecule has 0 aromatic heterocycles. The van der Waals surface area contributed by atoms with E-state index in [1.165, 1.54) is 5.56 Å². The number of Topliss-reactive ketones (excluding diaryl/α,β-unsaturated/α-hetero) is 1. The highest BCUT2D eigenvalue weighted by Crippen LogP contribution is 2.30. The van der Waals surface area contributed by atoms with Crippen molar-refractivity contribution in [1.29, 1.82) is 0 Å². The quantitative estimate of drug-likeness (QED) is 0.628. The standard InChI is InChI=1S/C12H14O2/c1-9-6-7-10(13)8-14-12-5-3-2-4-11(9)12/h2-5,9H,6-8H2,1H3. The number of hydrogen-bond acceptors (Lipinski definition) is 2. The minimum absolute atomic E-state index is 0.200. The summed E-state index contributed by atoms with van der Waals surface area (Å²) in [6.07, 6.45) is 1.56. The molecule has 0 N–H and O–H groups in total. The molecule has 0 radical (unpaired) electrons. The highest BCUT2D eigenvalue weighted by molar-refractivity contribution is 5.80. The van der Waals surface area contributed by atoms with Crippen LogP contribution in [0.4, 0.5) is 0 Å². The van der Waals surface area contributed by atoms with Gasteiger partial charge in [0.1, 0.15) is 12.4 Å². The van der Waals surface area contributed by atoms with Crippen molar-refractivity contribution in [1.82, 2.24) is 0 Å².